The SMILES string of the molecule is C/C=C/CCc1cnc(CCc2ccc3c(F)c(CCc4ccc(OC(F)(F)F)cc4)ccc3c2)nc1. The topological polar surface area (TPSA) is 35.0 Å². The summed E-state index contributed by atoms with van der Waals surface area (Å²) in [5, 5.41) is 1.38. The molecule has 3 aromatic carbocycles. The fraction of sp³-hybridized carbons (Fsp3) is 0.267. The second-order valence-electron chi connectivity index (χ2n) is 8.90. The molecule has 0 N–H and O–H groups in total. The normalized spacial score (nSPS) is 11.9. The summed E-state index contributed by atoms with van der Waals surface area (Å²) >= 11 is 0. The first kappa shape index (κ1) is 26.3. The molecule has 0 aliphatic rings. The highest BCUT2D eigenvalue weighted by molar-refractivity contribution is 5.84. The average molecular weight is 509 g/mol. The first-order valence-corrected chi connectivity index (χ1v) is 12.3. The van der Waals surface area contributed by atoms with Gasteiger partial charge in [-0.25, -0.2) is 14.4 Å². The molecule has 0 atom stereocenters. The van der Waals surface area contributed by atoms with Gasteiger partial charge < -0.3 is 4.74 Å². The zero-order chi connectivity index (χ0) is 26.3. The molecule has 4 aromatic rings. The number of halogens is 4. The Bertz CT molecular complexity index is 1350. The van der Waals surface area contributed by atoms with Crippen LogP contribution < -0.4 is 4.74 Å². The predicted molar refractivity (Wildman–Crippen MR) is 137 cm³/mol. The summed E-state index contributed by atoms with van der Waals surface area (Å²) in [6, 6.07) is 15.1. The summed E-state index contributed by atoms with van der Waals surface area (Å²) in [6.45, 7) is 2.01. The fourth-order valence-corrected chi connectivity index (χ4v) is 4.18. The van der Waals surface area contributed by atoms with Crippen molar-refractivity contribution >= 4 is 10.8 Å². The van der Waals surface area contributed by atoms with Crippen LogP contribution in [0.4, 0.5) is 17.6 Å². The molecule has 37 heavy (non-hydrogen) atoms. The van der Waals surface area contributed by atoms with Crippen molar-refractivity contribution in [2.45, 2.75) is 51.8 Å². The highest BCUT2D eigenvalue weighted by Gasteiger charge is 2.30. The molecule has 0 aliphatic carbocycles. The summed E-state index contributed by atoms with van der Waals surface area (Å²) in [5.74, 6) is 0.250. The average Bonchev–Trinajstić information content (AvgIpc) is 2.88. The van der Waals surface area contributed by atoms with E-state index >= 15 is 4.39 Å². The number of hydrogen-bond acceptors (Lipinski definition) is 3. The monoisotopic (exact) mass is 508 g/mol. The lowest BCUT2D eigenvalue weighted by molar-refractivity contribution is -0.274. The Morgan fingerprint density at radius 2 is 1.49 bits per heavy atom. The van der Waals surface area contributed by atoms with Crippen LogP contribution in [-0.4, -0.2) is 16.3 Å². The second-order valence-corrected chi connectivity index (χ2v) is 8.90. The van der Waals surface area contributed by atoms with E-state index in [2.05, 4.69) is 20.8 Å². The number of nitrogens with zero attached hydrogens (tertiary/aromatic N) is 2. The van der Waals surface area contributed by atoms with E-state index in [4.69, 9.17) is 0 Å². The Kier molecular flexibility index (Phi) is 8.54. The van der Waals surface area contributed by atoms with Gasteiger partial charge >= 0.3 is 6.36 Å². The highest BCUT2D eigenvalue weighted by Crippen LogP contribution is 2.26. The minimum Gasteiger partial charge on any atom is -0.406 e. The van der Waals surface area contributed by atoms with Crippen molar-refractivity contribution in [2.75, 3.05) is 0 Å². The summed E-state index contributed by atoms with van der Waals surface area (Å²) in [6.07, 6.45) is 7.49. The lowest BCUT2D eigenvalue weighted by Gasteiger charge is -2.10. The first-order chi connectivity index (χ1) is 17.8. The van der Waals surface area contributed by atoms with E-state index in [0.29, 0.717) is 30.2 Å². The summed E-state index contributed by atoms with van der Waals surface area (Å²) < 4.78 is 56.0. The molecule has 0 saturated carbocycles. The van der Waals surface area contributed by atoms with Crippen molar-refractivity contribution in [1.29, 1.82) is 0 Å². The molecule has 0 bridgehead atoms. The Morgan fingerprint density at radius 1 is 0.784 bits per heavy atom. The van der Waals surface area contributed by atoms with Crippen molar-refractivity contribution < 1.29 is 22.3 Å². The van der Waals surface area contributed by atoms with Crippen molar-refractivity contribution in [1.82, 2.24) is 9.97 Å². The highest BCUT2D eigenvalue weighted by atomic mass is 19.4. The van der Waals surface area contributed by atoms with Crippen LogP contribution in [0.15, 0.2) is 79.1 Å². The molecule has 0 unspecified atom stereocenters. The van der Waals surface area contributed by atoms with Gasteiger partial charge in [0, 0.05) is 24.2 Å². The van der Waals surface area contributed by atoms with Crippen molar-refractivity contribution in [3.8, 4) is 5.75 Å². The van der Waals surface area contributed by atoms with Gasteiger partial charge in [-0.15, -0.1) is 13.2 Å². The van der Waals surface area contributed by atoms with Crippen LogP contribution >= 0.6 is 0 Å². The number of aryl methyl sites for hydroxylation is 5. The van der Waals surface area contributed by atoms with Crippen LogP contribution in [0.1, 0.15) is 41.4 Å². The van der Waals surface area contributed by atoms with Crippen LogP contribution in [0.25, 0.3) is 10.8 Å². The predicted octanol–water partition coefficient (Wildman–Crippen LogP) is 7.75. The molecule has 3 nitrogen and oxygen atoms in total. The Balaban J connectivity index is 1.35. The number of ether oxygens (including phenoxy) is 1. The quantitative estimate of drug-likeness (QED) is 0.162. The lowest BCUT2D eigenvalue weighted by Crippen LogP contribution is -2.17. The third-order valence-corrected chi connectivity index (χ3v) is 6.17. The van der Waals surface area contributed by atoms with Gasteiger partial charge in [0.05, 0.1) is 0 Å². The van der Waals surface area contributed by atoms with Gasteiger partial charge in [0.2, 0.25) is 0 Å². The van der Waals surface area contributed by atoms with Crippen molar-refractivity contribution in [2.24, 2.45) is 0 Å². The van der Waals surface area contributed by atoms with Gasteiger partial charge in [0.25, 0.3) is 0 Å². The van der Waals surface area contributed by atoms with Crippen molar-refractivity contribution in [3.63, 3.8) is 0 Å². The third-order valence-electron chi connectivity index (χ3n) is 6.17. The maximum Gasteiger partial charge on any atom is 0.573 e. The van der Waals surface area contributed by atoms with Gasteiger partial charge in [-0.1, -0.05) is 54.6 Å². The zero-order valence-corrected chi connectivity index (χ0v) is 20.6. The second kappa shape index (κ2) is 12.0. The molecule has 1 aromatic heterocycles. The van der Waals surface area contributed by atoms with Gasteiger partial charge in [0.1, 0.15) is 17.4 Å². The number of fused-ring (bicyclic) bond motifs is 1. The maximum atomic E-state index is 15.2. The molecule has 192 valence electrons. The molecule has 0 spiro atoms. The number of alkyl halides is 3. The van der Waals surface area contributed by atoms with E-state index in [9.17, 15) is 13.2 Å². The summed E-state index contributed by atoms with van der Waals surface area (Å²) in [4.78, 5) is 8.95. The van der Waals surface area contributed by atoms with Crippen LogP contribution in [0.5, 0.6) is 5.75 Å². The Labute approximate surface area is 213 Å². The van der Waals surface area contributed by atoms with Gasteiger partial charge in [-0.3, -0.25) is 0 Å². The molecular formula is C30H28F4N2O. The number of benzene rings is 3. The minimum atomic E-state index is -4.72. The molecule has 4 rings (SSSR count). The van der Waals surface area contributed by atoms with Crippen LogP contribution in [0.2, 0.25) is 0 Å². The Hall–Kier alpha value is -3.74. The molecule has 0 radical (unpaired) electrons. The molecule has 0 fully saturated rings. The number of aromatic nitrogens is 2. The lowest BCUT2D eigenvalue weighted by atomic mass is 9.98. The molecule has 0 amide bonds. The largest absolute Gasteiger partial charge is 0.573 e. The van der Waals surface area contributed by atoms with E-state index in [0.717, 1.165) is 47.2 Å². The van der Waals surface area contributed by atoms with Gasteiger partial charge in [-0.2, -0.15) is 0 Å². The standard InChI is InChI=1S/C30H28F4N2O/c1-2-3-4-5-23-19-35-28(36-20-23)17-10-22-9-16-27-25(18-22)13-12-24(29(27)31)11-6-21-7-14-26(15-8-21)37-30(32,33)34/h2-3,7-9,12-16,18-20H,4-6,10-11,17H2,1H3/b3-2+. The summed E-state index contributed by atoms with van der Waals surface area (Å²) in [7, 11) is 0. The molecular weight excluding hydrogens is 480 g/mol. The fourth-order valence-electron chi connectivity index (χ4n) is 4.18. The van der Waals surface area contributed by atoms with E-state index in [1.165, 1.54) is 12.1 Å². The maximum absolute atomic E-state index is 15.2. The molecule has 0 aliphatic heterocycles. The van der Waals surface area contributed by atoms with Gasteiger partial charge in [-0.05, 0) is 78.8 Å². The molecule has 1 heterocycles. The zero-order valence-electron chi connectivity index (χ0n) is 20.6. The number of allylic oxidation sites excluding steroid dienone is 2. The van der Waals surface area contributed by atoms with E-state index in [-0.39, 0.29) is 11.6 Å². The van der Waals surface area contributed by atoms with Crippen LogP contribution in [-0.2, 0) is 32.1 Å². The van der Waals surface area contributed by atoms with E-state index in [1.54, 1.807) is 24.3 Å². The van der Waals surface area contributed by atoms with Gasteiger partial charge in [0.15, 0.2) is 0 Å². The Morgan fingerprint density at radius 3 is 2.19 bits per heavy atom. The molecule has 7 heteroatoms. The smallest absolute Gasteiger partial charge is 0.406 e. The van der Waals surface area contributed by atoms with Crippen LogP contribution in [0, 0.1) is 5.82 Å². The van der Waals surface area contributed by atoms with Crippen LogP contribution in [0.3, 0.4) is 0 Å². The minimum absolute atomic E-state index is 0.266. The van der Waals surface area contributed by atoms with E-state index < -0.39 is 6.36 Å². The number of rotatable bonds is 10. The number of hydrogen-bond donors (Lipinski definition) is 0. The first-order valence-electron chi connectivity index (χ1n) is 12.3. The summed E-state index contributed by atoms with van der Waals surface area (Å²) in [5.41, 5.74) is 3.57. The van der Waals surface area contributed by atoms with Crippen molar-refractivity contribution in [3.05, 3.63) is 113 Å². The third kappa shape index (κ3) is 7.62. The molecule has 0 saturated heterocycles. The van der Waals surface area contributed by atoms with E-state index in [1.807, 2.05) is 43.6 Å².